The van der Waals surface area contributed by atoms with Crippen LogP contribution in [0.4, 0.5) is 0 Å². The van der Waals surface area contributed by atoms with E-state index in [4.69, 9.17) is 0 Å². The molecule has 0 radical (unpaired) electrons. The number of hydrogen-bond acceptors (Lipinski definition) is 2. The van der Waals surface area contributed by atoms with Crippen molar-refractivity contribution in [2.24, 2.45) is 11.8 Å². The summed E-state index contributed by atoms with van der Waals surface area (Å²) in [5.41, 5.74) is 4.52. The van der Waals surface area contributed by atoms with Crippen molar-refractivity contribution in [2.75, 3.05) is 0 Å². The van der Waals surface area contributed by atoms with E-state index in [1.165, 1.54) is 37.7 Å². The van der Waals surface area contributed by atoms with E-state index >= 15 is 0 Å². The average Bonchev–Trinajstić information content (AvgIpc) is 3.33. The van der Waals surface area contributed by atoms with E-state index in [0.29, 0.717) is 12.3 Å². The molecule has 27 heavy (non-hydrogen) atoms. The summed E-state index contributed by atoms with van der Waals surface area (Å²) < 4.78 is 0. The number of ketones is 2. The van der Waals surface area contributed by atoms with Crippen LogP contribution in [0.5, 0.6) is 0 Å². The molecule has 2 atom stereocenters. The highest BCUT2D eigenvalue weighted by Gasteiger charge is 2.30. The Morgan fingerprint density at radius 2 is 1.85 bits per heavy atom. The molecule has 148 valence electrons. The van der Waals surface area contributed by atoms with Gasteiger partial charge in [0, 0.05) is 12.3 Å². The molecule has 2 saturated carbocycles. The molecule has 2 nitrogen and oxygen atoms in total. The van der Waals surface area contributed by atoms with Crippen LogP contribution in [0.15, 0.2) is 18.2 Å². The summed E-state index contributed by atoms with van der Waals surface area (Å²) in [4.78, 5) is 24.2. The van der Waals surface area contributed by atoms with Gasteiger partial charge in [0.25, 0.3) is 0 Å². The Hall–Kier alpha value is -1.44. The zero-order valence-electron chi connectivity index (χ0n) is 17.3. The number of aryl methyl sites for hydroxylation is 2. The molecule has 0 heterocycles. The monoisotopic (exact) mass is 368 g/mol. The first-order valence-electron chi connectivity index (χ1n) is 11.2. The minimum atomic E-state index is 0.131. The quantitative estimate of drug-likeness (QED) is 0.477. The lowest BCUT2D eigenvalue weighted by Crippen LogP contribution is -2.16. The van der Waals surface area contributed by atoms with Crippen molar-refractivity contribution in [1.82, 2.24) is 0 Å². The van der Waals surface area contributed by atoms with Gasteiger partial charge in [-0.25, -0.2) is 0 Å². The third-order valence-electron chi connectivity index (χ3n) is 6.82. The first-order valence-corrected chi connectivity index (χ1v) is 11.2. The molecule has 1 aromatic carbocycles. The zero-order valence-corrected chi connectivity index (χ0v) is 17.3. The minimum absolute atomic E-state index is 0.131. The fraction of sp³-hybridized carbons (Fsp3) is 0.680. The van der Waals surface area contributed by atoms with Gasteiger partial charge in [-0.05, 0) is 81.3 Å². The summed E-state index contributed by atoms with van der Waals surface area (Å²) in [5.74, 6) is 1.90. The fourth-order valence-corrected chi connectivity index (χ4v) is 5.25. The maximum absolute atomic E-state index is 12.4. The molecule has 2 fully saturated rings. The molecule has 2 heteroatoms. The molecule has 2 aliphatic rings. The predicted molar refractivity (Wildman–Crippen MR) is 111 cm³/mol. The van der Waals surface area contributed by atoms with Crippen molar-refractivity contribution in [3.8, 4) is 0 Å². The van der Waals surface area contributed by atoms with Crippen molar-refractivity contribution < 1.29 is 9.59 Å². The lowest BCUT2D eigenvalue weighted by atomic mass is 9.87. The Bertz CT molecular complexity index is 654. The molecular formula is C25H36O2. The van der Waals surface area contributed by atoms with Gasteiger partial charge in [0.2, 0.25) is 0 Å². The highest BCUT2D eigenvalue weighted by molar-refractivity contribution is 6.00. The molecule has 0 bridgehead atoms. The second-order valence-corrected chi connectivity index (χ2v) is 9.03. The first kappa shape index (κ1) is 20.3. The number of carbonyl (C=O) groups is 2. The Morgan fingerprint density at radius 1 is 1.07 bits per heavy atom. The summed E-state index contributed by atoms with van der Waals surface area (Å²) in [5, 5.41) is 0. The van der Waals surface area contributed by atoms with E-state index in [1.807, 2.05) is 6.92 Å². The van der Waals surface area contributed by atoms with Crippen LogP contribution in [0.1, 0.15) is 100 Å². The minimum Gasteiger partial charge on any atom is -0.299 e. The number of Topliss-reactive ketones (excluding diaryl/α,β-unsaturated/α-hetero) is 2. The highest BCUT2D eigenvalue weighted by atomic mass is 16.1. The van der Waals surface area contributed by atoms with Crippen molar-refractivity contribution >= 4 is 11.6 Å². The summed E-state index contributed by atoms with van der Waals surface area (Å²) in [6, 6.07) is 7.03. The Kier molecular flexibility index (Phi) is 7.26. The number of carbonyl (C=O) groups excluding carboxylic acids is 2. The molecule has 1 aromatic rings. The summed E-state index contributed by atoms with van der Waals surface area (Å²) in [7, 11) is 0. The lowest BCUT2D eigenvalue weighted by Gasteiger charge is -2.18. The van der Waals surface area contributed by atoms with Crippen LogP contribution in [0, 0.1) is 18.8 Å². The largest absolute Gasteiger partial charge is 0.299 e. The number of hydrogen-bond donors (Lipinski definition) is 0. The van der Waals surface area contributed by atoms with Gasteiger partial charge in [-0.3, -0.25) is 9.59 Å². The van der Waals surface area contributed by atoms with Crippen LogP contribution in [0.25, 0.3) is 0 Å². The van der Waals surface area contributed by atoms with E-state index in [2.05, 4.69) is 25.1 Å². The fourth-order valence-electron chi connectivity index (χ4n) is 5.25. The average molecular weight is 369 g/mol. The van der Waals surface area contributed by atoms with Crippen LogP contribution in [-0.4, -0.2) is 11.6 Å². The van der Waals surface area contributed by atoms with Gasteiger partial charge in [-0.2, -0.15) is 0 Å². The van der Waals surface area contributed by atoms with Crippen molar-refractivity contribution in [3.05, 3.63) is 34.9 Å². The topological polar surface area (TPSA) is 34.1 Å². The SMILES string of the molecule is CCCC(=O)CC(=O)C1CCC(CCc2ccc(C)cc2C2CCCC2)C1. The second-order valence-electron chi connectivity index (χ2n) is 9.03. The Labute approximate surface area is 165 Å². The molecule has 0 aliphatic heterocycles. The van der Waals surface area contributed by atoms with Crippen LogP contribution >= 0.6 is 0 Å². The summed E-state index contributed by atoms with van der Waals surface area (Å²) >= 11 is 0. The first-order chi connectivity index (χ1) is 13.1. The van der Waals surface area contributed by atoms with E-state index in [-0.39, 0.29) is 23.9 Å². The van der Waals surface area contributed by atoms with Gasteiger partial charge in [0.1, 0.15) is 11.6 Å². The molecule has 0 N–H and O–H groups in total. The maximum Gasteiger partial charge on any atom is 0.143 e. The van der Waals surface area contributed by atoms with Gasteiger partial charge < -0.3 is 0 Å². The summed E-state index contributed by atoms with van der Waals surface area (Å²) in [6.07, 6.45) is 12.5. The van der Waals surface area contributed by atoms with Crippen LogP contribution in [0.2, 0.25) is 0 Å². The van der Waals surface area contributed by atoms with Gasteiger partial charge in [0.15, 0.2) is 0 Å². The number of benzene rings is 1. The van der Waals surface area contributed by atoms with Crippen molar-refractivity contribution in [3.63, 3.8) is 0 Å². The smallest absolute Gasteiger partial charge is 0.143 e. The molecule has 0 amide bonds. The molecule has 0 spiro atoms. The second kappa shape index (κ2) is 9.66. The molecule has 2 aliphatic carbocycles. The van der Waals surface area contributed by atoms with Gasteiger partial charge >= 0.3 is 0 Å². The number of rotatable bonds is 9. The molecular weight excluding hydrogens is 332 g/mol. The van der Waals surface area contributed by atoms with Gasteiger partial charge in [0.05, 0.1) is 6.42 Å². The van der Waals surface area contributed by atoms with E-state index in [9.17, 15) is 9.59 Å². The maximum atomic E-state index is 12.4. The van der Waals surface area contributed by atoms with Crippen LogP contribution in [-0.2, 0) is 16.0 Å². The molecule has 2 unspecified atom stereocenters. The van der Waals surface area contributed by atoms with Crippen molar-refractivity contribution in [2.45, 2.75) is 96.8 Å². The van der Waals surface area contributed by atoms with E-state index < -0.39 is 0 Å². The lowest BCUT2D eigenvalue weighted by molar-refractivity contribution is -0.129. The van der Waals surface area contributed by atoms with E-state index in [0.717, 1.165) is 38.0 Å². The third-order valence-corrected chi connectivity index (χ3v) is 6.82. The van der Waals surface area contributed by atoms with E-state index in [1.54, 1.807) is 11.1 Å². The third kappa shape index (κ3) is 5.53. The Morgan fingerprint density at radius 3 is 2.59 bits per heavy atom. The van der Waals surface area contributed by atoms with Crippen molar-refractivity contribution in [1.29, 1.82) is 0 Å². The van der Waals surface area contributed by atoms with Crippen LogP contribution in [0.3, 0.4) is 0 Å². The van der Waals surface area contributed by atoms with Gasteiger partial charge in [-0.15, -0.1) is 0 Å². The Balaban J connectivity index is 1.52. The standard InChI is InChI=1S/C25H36O2/c1-3-6-23(26)17-25(27)22-14-11-19(16-22)10-13-21-12-9-18(2)15-24(21)20-7-4-5-8-20/h9,12,15,19-20,22H,3-8,10-11,13-14,16-17H2,1-2H3. The molecule has 0 saturated heterocycles. The van der Waals surface area contributed by atoms with Crippen LogP contribution < -0.4 is 0 Å². The molecule has 0 aromatic heterocycles. The molecule has 3 rings (SSSR count). The zero-order chi connectivity index (χ0) is 19.2. The summed E-state index contributed by atoms with van der Waals surface area (Å²) in [6.45, 7) is 4.20. The normalized spacial score (nSPS) is 23.0. The van der Waals surface area contributed by atoms with Gasteiger partial charge in [-0.1, -0.05) is 43.5 Å². The highest BCUT2D eigenvalue weighted by Crippen LogP contribution is 2.39. The predicted octanol–water partition coefficient (Wildman–Crippen LogP) is 6.33.